The molecule has 1 heterocycles. The SMILES string of the molecule is CC(=O)N1CCC(NC(=O)c2cccc(F)c2N)CC1. The van der Waals surface area contributed by atoms with Gasteiger partial charge in [0.05, 0.1) is 11.3 Å². The zero-order valence-electron chi connectivity index (χ0n) is 11.4. The van der Waals surface area contributed by atoms with Crippen LogP contribution in [0.25, 0.3) is 0 Å². The molecule has 2 amide bonds. The van der Waals surface area contributed by atoms with E-state index >= 15 is 0 Å². The number of piperidine rings is 1. The monoisotopic (exact) mass is 279 g/mol. The van der Waals surface area contributed by atoms with Crippen molar-refractivity contribution in [1.82, 2.24) is 10.2 Å². The summed E-state index contributed by atoms with van der Waals surface area (Å²) in [5, 5.41) is 2.84. The predicted molar refractivity (Wildman–Crippen MR) is 73.6 cm³/mol. The molecule has 0 bridgehead atoms. The number of amides is 2. The Morgan fingerprint density at radius 3 is 2.60 bits per heavy atom. The average molecular weight is 279 g/mol. The minimum atomic E-state index is -0.593. The van der Waals surface area contributed by atoms with Crippen molar-refractivity contribution in [2.45, 2.75) is 25.8 Å². The molecule has 0 atom stereocenters. The number of benzene rings is 1. The number of nitrogen functional groups attached to an aromatic ring is 1. The molecule has 5 nitrogen and oxygen atoms in total. The fourth-order valence-corrected chi connectivity index (χ4v) is 2.34. The molecule has 0 radical (unpaired) electrons. The fraction of sp³-hybridized carbons (Fsp3) is 0.429. The van der Waals surface area contributed by atoms with Crippen LogP contribution in [-0.4, -0.2) is 35.8 Å². The number of rotatable bonds is 2. The summed E-state index contributed by atoms with van der Waals surface area (Å²) in [5.41, 5.74) is 5.58. The third kappa shape index (κ3) is 3.07. The lowest BCUT2D eigenvalue weighted by atomic mass is 10.0. The molecular weight excluding hydrogens is 261 g/mol. The van der Waals surface area contributed by atoms with Gasteiger partial charge >= 0.3 is 0 Å². The Morgan fingerprint density at radius 1 is 1.35 bits per heavy atom. The van der Waals surface area contributed by atoms with Crippen LogP contribution in [0.5, 0.6) is 0 Å². The van der Waals surface area contributed by atoms with Crippen molar-refractivity contribution in [3.8, 4) is 0 Å². The molecule has 0 saturated carbocycles. The molecule has 3 N–H and O–H groups in total. The summed E-state index contributed by atoms with van der Waals surface area (Å²) in [5.74, 6) is -0.920. The Bertz CT molecular complexity index is 525. The van der Waals surface area contributed by atoms with Gasteiger partial charge in [0, 0.05) is 26.1 Å². The molecule has 1 saturated heterocycles. The number of nitrogens with zero attached hydrogens (tertiary/aromatic N) is 1. The standard InChI is InChI=1S/C14H18FN3O2/c1-9(19)18-7-5-10(6-8-18)17-14(20)11-3-2-4-12(15)13(11)16/h2-4,10H,5-8,16H2,1H3,(H,17,20). The number of hydrogen-bond donors (Lipinski definition) is 2. The first-order chi connectivity index (χ1) is 9.49. The highest BCUT2D eigenvalue weighted by molar-refractivity contribution is 5.99. The maximum atomic E-state index is 13.3. The smallest absolute Gasteiger partial charge is 0.253 e. The molecule has 108 valence electrons. The maximum Gasteiger partial charge on any atom is 0.253 e. The summed E-state index contributed by atoms with van der Waals surface area (Å²) < 4.78 is 13.3. The number of anilines is 1. The van der Waals surface area contributed by atoms with Crippen molar-refractivity contribution in [2.24, 2.45) is 0 Å². The molecule has 0 aromatic heterocycles. The number of carbonyl (C=O) groups is 2. The topological polar surface area (TPSA) is 75.4 Å². The number of nitrogens with two attached hydrogens (primary N) is 1. The van der Waals surface area contributed by atoms with E-state index in [-0.39, 0.29) is 29.1 Å². The Hall–Kier alpha value is -2.11. The lowest BCUT2D eigenvalue weighted by molar-refractivity contribution is -0.129. The van der Waals surface area contributed by atoms with E-state index < -0.39 is 5.82 Å². The lowest BCUT2D eigenvalue weighted by Gasteiger charge is -2.31. The molecule has 2 rings (SSSR count). The van der Waals surface area contributed by atoms with E-state index in [1.807, 2.05) is 0 Å². The van der Waals surface area contributed by atoms with Gasteiger partial charge in [-0.2, -0.15) is 0 Å². The van der Waals surface area contributed by atoms with Gasteiger partial charge < -0.3 is 16.0 Å². The largest absolute Gasteiger partial charge is 0.396 e. The van der Waals surface area contributed by atoms with Crippen molar-refractivity contribution in [3.63, 3.8) is 0 Å². The minimum absolute atomic E-state index is 0.0132. The molecule has 0 unspecified atom stereocenters. The summed E-state index contributed by atoms with van der Waals surface area (Å²) in [4.78, 5) is 25.0. The molecule has 6 heteroatoms. The molecule has 0 spiro atoms. The van der Waals surface area contributed by atoms with Crippen LogP contribution in [0.3, 0.4) is 0 Å². The Morgan fingerprint density at radius 2 is 2.00 bits per heavy atom. The van der Waals surface area contributed by atoms with Gasteiger partial charge in [-0.1, -0.05) is 6.07 Å². The van der Waals surface area contributed by atoms with Crippen molar-refractivity contribution >= 4 is 17.5 Å². The van der Waals surface area contributed by atoms with Crippen molar-refractivity contribution in [2.75, 3.05) is 18.8 Å². The van der Waals surface area contributed by atoms with Crippen LogP contribution in [0.1, 0.15) is 30.1 Å². The van der Waals surface area contributed by atoms with E-state index in [0.29, 0.717) is 25.9 Å². The molecule has 1 aromatic rings. The molecule has 1 fully saturated rings. The summed E-state index contributed by atoms with van der Waals surface area (Å²) in [7, 11) is 0. The van der Waals surface area contributed by atoms with Crippen LogP contribution in [0.2, 0.25) is 0 Å². The normalized spacial score (nSPS) is 16.0. The first kappa shape index (κ1) is 14.3. The van der Waals surface area contributed by atoms with Gasteiger partial charge in [-0.15, -0.1) is 0 Å². The van der Waals surface area contributed by atoms with Gasteiger partial charge in [-0.3, -0.25) is 9.59 Å². The summed E-state index contributed by atoms with van der Waals surface area (Å²) >= 11 is 0. The summed E-state index contributed by atoms with van der Waals surface area (Å²) in [6, 6.07) is 4.16. The third-order valence-corrected chi connectivity index (χ3v) is 3.57. The van der Waals surface area contributed by atoms with Gasteiger partial charge in [-0.05, 0) is 25.0 Å². The van der Waals surface area contributed by atoms with Gasteiger partial charge in [-0.25, -0.2) is 4.39 Å². The third-order valence-electron chi connectivity index (χ3n) is 3.57. The van der Waals surface area contributed by atoms with Gasteiger partial charge in [0.2, 0.25) is 5.91 Å². The highest BCUT2D eigenvalue weighted by Gasteiger charge is 2.23. The van der Waals surface area contributed by atoms with Crippen LogP contribution in [0, 0.1) is 5.82 Å². The van der Waals surface area contributed by atoms with Gasteiger partial charge in [0.15, 0.2) is 0 Å². The molecule has 1 aromatic carbocycles. The zero-order valence-corrected chi connectivity index (χ0v) is 11.4. The van der Waals surface area contributed by atoms with Crippen LogP contribution >= 0.6 is 0 Å². The number of hydrogen-bond acceptors (Lipinski definition) is 3. The second kappa shape index (κ2) is 5.90. The molecular formula is C14H18FN3O2. The Labute approximate surface area is 116 Å². The first-order valence-electron chi connectivity index (χ1n) is 6.59. The number of halogens is 1. The van der Waals surface area contributed by atoms with E-state index in [2.05, 4.69) is 5.32 Å². The van der Waals surface area contributed by atoms with E-state index in [1.165, 1.54) is 25.1 Å². The highest BCUT2D eigenvalue weighted by atomic mass is 19.1. The van der Waals surface area contributed by atoms with Crippen LogP contribution in [0.15, 0.2) is 18.2 Å². The van der Waals surface area contributed by atoms with Crippen molar-refractivity contribution in [1.29, 1.82) is 0 Å². The highest BCUT2D eigenvalue weighted by Crippen LogP contribution is 2.17. The van der Waals surface area contributed by atoms with Gasteiger partial charge in [0.25, 0.3) is 5.91 Å². The first-order valence-corrected chi connectivity index (χ1v) is 6.59. The molecule has 1 aliphatic heterocycles. The van der Waals surface area contributed by atoms with Crippen molar-refractivity contribution in [3.05, 3.63) is 29.6 Å². The van der Waals surface area contributed by atoms with E-state index in [9.17, 15) is 14.0 Å². The second-order valence-corrected chi connectivity index (χ2v) is 4.95. The summed E-state index contributed by atoms with van der Waals surface area (Å²) in [6.45, 7) is 2.78. The second-order valence-electron chi connectivity index (χ2n) is 4.95. The molecule has 20 heavy (non-hydrogen) atoms. The number of likely N-dealkylation sites (tertiary alicyclic amines) is 1. The lowest BCUT2D eigenvalue weighted by Crippen LogP contribution is -2.46. The van der Waals surface area contributed by atoms with Crippen LogP contribution in [-0.2, 0) is 4.79 Å². The van der Waals surface area contributed by atoms with Crippen LogP contribution < -0.4 is 11.1 Å². The van der Waals surface area contributed by atoms with Gasteiger partial charge in [0.1, 0.15) is 5.82 Å². The predicted octanol–water partition coefficient (Wildman–Crippen LogP) is 1.15. The average Bonchev–Trinajstić information content (AvgIpc) is 2.42. The Balaban J connectivity index is 1.96. The minimum Gasteiger partial charge on any atom is -0.396 e. The number of nitrogens with one attached hydrogen (secondary N) is 1. The molecule has 0 aliphatic carbocycles. The van der Waals surface area contributed by atoms with Crippen molar-refractivity contribution < 1.29 is 14.0 Å². The maximum absolute atomic E-state index is 13.3. The Kier molecular flexibility index (Phi) is 4.22. The zero-order chi connectivity index (χ0) is 14.7. The number of para-hydroxylation sites is 1. The summed E-state index contributed by atoms with van der Waals surface area (Å²) in [6.07, 6.45) is 1.39. The quantitative estimate of drug-likeness (QED) is 0.797. The fourth-order valence-electron chi connectivity index (χ4n) is 2.34. The van der Waals surface area contributed by atoms with E-state index in [0.717, 1.165) is 0 Å². The van der Waals surface area contributed by atoms with Crippen LogP contribution in [0.4, 0.5) is 10.1 Å². The molecule has 1 aliphatic rings. The van der Waals surface area contributed by atoms with E-state index in [4.69, 9.17) is 5.73 Å². The van der Waals surface area contributed by atoms with E-state index in [1.54, 1.807) is 4.90 Å². The number of carbonyl (C=O) groups excluding carboxylic acids is 2.